The Balaban J connectivity index is 1.46. The first-order valence-electron chi connectivity index (χ1n) is 8.78. The van der Waals surface area contributed by atoms with E-state index in [2.05, 4.69) is 15.0 Å². The number of alkyl halides is 2. The molecule has 1 aliphatic heterocycles. The summed E-state index contributed by atoms with van der Waals surface area (Å²) in [6, 6.07) is 6.64. The van der Waals surface area contributed by atoms with E-state index < -0.39 is 6.61 Å². The van der Waals surface area contributed by atoms with Gasteiger partial charge in [0.15, 0.2) is 0 Å². The molecule has 7 heteroatoms. The van der Waals surface area contributed by atoms with Crippen molar-refractivity contribution in [3.63, 3.8) is 0 Å². The van der Waals surface area contributed by atoms with Crippen LogP contribution in [-0.4, -0.2) is 49.3 Å². The van der Waals surface area contributed by atoms with Gasteiger partial charge in [0.05, 0.1) is 19.3 Å². The smallest absolute Gasteiger partial charge is 0.387 e. The van der Waals surface area contributed by atoms with E-state index in [0.717, 1.165) is 24.9 Å². The van der Waals surface area contributed by atoms with Crippen LogP contribution in [0.1, 0.15) is 31.2 Å². The van der Waals surface area contributed by atoms with E-state index in [1.165, 1.54) is 25.0 Å². The van der Waals surface area contributed by atoms with Crippen molar-refractivity contribution in [1.29, 1.82) is 0 Å². The molecule has 1 saturated heterocycles. The maximum atomic E-state index is 12.3. The third kappa shape index (κ3) is 5.12. The van der Waals surface area contributed by atoms with Crippen molar-refractivity contribution in [3.8, 4) is 5.75 Å². The highest BCUT2D eigenvalue weighted by Crippen LogP contribution is 2.28. The largest absolute Gasteiger partial charge is 0.435 e. The number of rotatable bonds is 6. The number of morpholine rings is 1. The highest BCUT2D eigenvalue weighted by Gasteiger charge is 2.34. The van der Waals surface area contributed by atoms with Crippen LogP contribution in [0.3, 0.4) is 0 Å². The zero-order chi connectivity index (χ0) is 17.6. The van der Waals surface area contributed by atoms with Crippen LogP contribution in [0.5, 0.6) is 5.75 Å². The number of hydrogen-bond acceptors (Lipinski definition) is 4. The minimum absolute atomic E-state index is 0.0286. The summed E-state index contributed by atoms with van der Waals surface area (Å²) in [7, 11) is 0. The van der Waals surface area contributed by atoms with E-state index in [0.29, 0.717) is 25.7 Å². The van der Waals surface area contributed by atoms with Crippen LogP contribution in [0.2, 0.25) is 0 Å². The Morgan fingerprint density at radius 2 is 2.04 bits per heavy atom. The minimum atomic E-state index is -2.83. The SMILES string of the molecule is O=C(CN1CCOC2CCCCC21)NCc1ccc(OC(F)F)cc1. The fourth-order valence-corrected chi connectivity index (χ4v) is 3.60. The Kier molecular flexibility index (Phi) is 6.20. The number of hydrogen-bond donors (Lipinski definition) is 1. The molecule has 1 aromatic rings. The van der Waals surface area contributed by atoms with E-state index >= 15 is 0 Å². The van der Waals surface area contributed by atoms with E-state index in [9.17, 15) is 13.6 Å². The molecule has 0 spiro atoms. The minimum Gasteiger partial charge on any atom is -0.435 e. The first-order chi connectivity index (χ1) is 12.1. The van der Waals surface area contributed by atoms with Gasteiger partial charge in [0.1, 0.15) is 5.75 Å². The van der Waals surface area contributed by atoms with E-state index in [1.54, 1.807) is 12.1 Å². The van der Waals surface area contributed by atoms with E-state index in [1.807, 2.05) is 0 Å². The first-order valence-corrected chi connectivity index (χ1v) is 8.78. The van der Waals surface area contributed by atoms with Crippen molar-refractivity contribution in [2.45, 2.75) is 51.0 Å². The van der Waals surface area contributed by atoms with Gasteiger partial charge in [-0.25, -0.2) is 0 Å². The number of amides is 1. The van der Waals surface area contributed by atoms with Gasteiger partial charge >= 0.3 is 6.61 Å². The van der Waals surface area contributed by atoms with Gasteiger partial charge in [0.2, 0.25) is 5.91 Å². The van der Waals surface area contributed by atoms with Crippen LogP contribution in [0.15, 0.2) is 24.3 Å². The molecular weight excluding hydrogens is 330 g/mol. The number of ether oxygens (including phenoxy) is 2. The quantitative estimate of drug-likeness (QED) is 0.853. The molecule has 1 saturated carbocycles. The number of halogens is 2. The summed E-state index contributed by atoms with van der Waals surface area (Å²) < 4.78 is 34.4. The Hall–Kier alpha value is -1.73. The number of fused-ring (bicyclic) bond motifs is 1. The summed E-state index contributed by atoms with van der Waals surface area (Å²) in [5, 5.41) is 2.89. The Labute approximate surface area is 146 Å². The molecule has 0 radical (unpaired) electrons. The molecule has 2 aliphatic rings. The molecule has 25 heavy (non-hydrogen) atoms. The lowest BCUT2D eigenvalue weighted by atomic mass is 9.90. The van der Waals surface area contributed by atoms with Crippen molar-refractivity contribution in [2.24, 2.45) is 0 Å². The molecule has 2 fully saturated rings. The molecular formula is C18H24F2N2O3. The average Bonchev–Trinajstić information content (AvgIpc) is 2.61. The van der Waals surface area contributed by atoms with Crippen LogP contribution in [0.4, 0.5) is 8.78 Å². The summed E-state index contributed by atoms with van der Waals surface area (Å²) in [6.07, 6.45) is 4.82. The molecule has 5 nitrogen and oxygen atoms in total. The molecule has 2 unspecified atom stereocenters. The predicted octanol–water partition coefficient (Wildman–Crippen LogP) is 2.55. The molecule has 1 heterocycles. The number of carbonyl (C=O) groups is 1. The van der Waals surface area contributed by atoms with Gasteiger partial charge in [0, 0.05) is 19.1 Å². The molecule has 0 aromatic heterocycles. The molecule has 1 amide bonds. The van der Waals surface area contributed by atoms with Crippen LogP contribution in [-0.2, 0) is 16.1 Å². The van der Waals surface area contributed by atoms with Crippen molar-refractivity contribution in [1.82, 2.24) is 10.2 Å². The molecule has 1 aliphatic carbocycles. The van der Waals surface area contributed by atoms with Gasteiger partial charge in [-0.1, -0.05) is 25.0 Å². The van der Waals surface area contributed by atoms with Gasteiger partial charge in [0.25, 0.3) is 0 Å². The predicted molar refractivity (Wildman–Crippen MR) is 88.5 cm³/mol. The van der Waals surface area contributed by atoms with E-state index in [4.69, 9.17) is 4.74 Å². The average molecular weight is 354 g/mol. The summed E-state index contributed by atoms with van der Waals surface area (Å²) in [4.78, 5) is 14.5. The van der Waals surface area contributed by atoms with Crippen molar-refractivity contribution in [2.75, 3.05) is 19.7 Å². The molecule has 1 N–H and O–H groups in total. The molecule has 3 rings (SSSR count). The Morgan fingerprint density at radius 3 is 2.80 bits per heavy atom. The fourth-order valence-electron chi connectivity index (χ4n) is 3.60. The first kappa shape index (κ1) is 18.1. The third-order valence-electron chi connectivity index (χ3n) is 4.83. The molecule has 0 bridgehead atoms. The molecule has 1 aromatic carbocycles. The fraction of sp³-hybridized carbons (Fsp3) is 0.611. The zero-order valence-corrected chi connectivity index (χ0v) is 14.1. The second-order valence-corrected chi connectivity index (χ2v) is 6.53. The van der Waals surface area contributed by atoms with Gasteiger partial charge in [-0.3, -0.25) is 9.69 Å². The highest BCUT2D eigenvalue weighted by molar-refractivity contribution is 5.78. The normalized spacial score (nSPS) is 24.0. The topological polar surface area (TPSA) is 50.8 Å². The Bertz CT molecular complexity index is 566. The van der Waals surface area contributed by atoms with Gasteiger partial charge in [-0.05, 0) is 30.5 Å². The third-order valence-corrected chi connectivity index (χ3v) is 4.83. The zero-order valence-electron chi connectivity index (χ0n) is 14.1. The summed E-state index contributed by atoms with van der Waals surface area (Å²) in [6.45, 7) is -0.625. The molecule has 138 valence electrons. The number of nitrogens with zero attached hydrogens (tertiary/aromatic N) is 1. The van der Waals surface area contributed by atoms with Gasteiger partial charge in [-0.2, -0.15) is 8.78 Å². The number of carbonyl (C=O) groups excluding carboxylic acids is 1. The highest BCUT2D eigenvalue weighted by atomic mass is 19.3. The maximum Gasteiger partial charge on any atom is 0.387 e. The van der Waals surface area contributed by atoms with Crippen molar-refractivity contribution >= 4 is 5.91 Å². The van der Waals surface area contributed by atoms with Crippen LogP contribution in [0.25, 0.3) is 0 Å². The summed E-state index contributed by atoms with van der Waals surface area (Å²) in [5.74, 6) is 0.0841. The number of benzene rings is 1. The maximum absolute atomic E-state index is 12.3. The lowest BCUT2D eigenvalue weighted by Gasteiger charge is -2.43. The van der Waals surface area contributed by atoms with Crippen LogP contribution >= 0.6 is 0 Å². The van der Waals surface area contributed by atoms with Gasteiger partial charge < -0.3 is 14.8 Å². The second kappa shape index (κ2) is 8.58. The number of nitrogens with one attached hydrogen (secondary N) is 1. The van der Waals surface area contributed by atoms with Crippen LogP contribution < -0.4 is 10.1 Å². The summed E-state index contributed by atoms with van der Waals surface area (Å²) >= 11 is 0. The second-order valence-electron chi connectivity index (χ2n) is 6.53. The lowest BCUT2D eigenvalue weighted by Crippen LogP contribution is -2.55. The van der Waals surface area contributed by atoms with Crippen molar-refractivity contribution in [3.05, 3.63) is 29.8 Å². The lowest BCUT2D eigenvalue weighted by molar-refractivity contribution is -0.129. The van der Waals surface area contributed by atoms with Gasteiger partial charge in [-0.15, -0.1) is 0 Å². The monoisotopic (exact) mass is 354 g/mol. The molecule has 2 atom stereocenters. The summed E-state index contributed by atoms with van der Waals surface area (Å²) in [5.41, 5.74) is 0.840. The Morgan fingerprint density at radius 1 is 1.28 bits per heavy atom. The van der Waals surface area contributed by atoms with Crippen molar-refractivity contribution < 1.29 is 23.0 Å². The van der Waals surface area contributed by atoms with E-state index in [-0.39, 0.29) is 17.8 Å². The van der Waals surface area contributed by atoms with Crippen LogP contribution in [0, 0.1) is 0 Å². The standard InChI is InChI=1S/C18H24F2N2O3/c19-18(20)25-14-7-5-13(6-8-14)11-21-17(23)12-22-9-10-24-16-4-2-1-3-15(16)22/h5-8,15-16,18H,1-4,9-12H2,(H,21,23).